The van der Waals surface area contributed by atoms with E-state index in [0.29, 0.717) is 23.0 Å². The molecule has 1 aromatic heterocycles. The van der Waals surface area contributed by atoms with Gasteiger partial charge in [-0.1, -0.05) is 47.5 Å². The lowest BCUT2D eigenvalue weighted by Gasteiger charge is -2.12. The molecule has 5 heteroatoms. The van der Waals surface area contributed by atoms with E-state index in [2.05, 4.69) is 22.1 Å². The van der Waals surface area contributed by atoms with Crippen molar-refractivity contribution in [1.82, 2.24) is 15.0 Å². The van der Waals surface area contributed by atoms with Crippen molar-refractivity contribution in [2.75, 3.05) is 0 Å². The highest BCUT2D eigenvalue weighted by molar-refractivity contribution is 5.72. The molecule has 0 fully saturated rings. The Morgan fingerprint density at radius 1 is 0.533 bits per heavy atom. The Morgan fingerprint density at radius 3 is 1.47 bits per heavy atom. The van der Waals surface area contributed by atoms with Crippen molar-refractivity contribution >= 4 is 0 Å². The summed E-state index contributed by atoms with van der Waals surface area (Å²) in [5.74, 6) is 1.38. The van der Waals surface area contributed by atoms with Gasteiger partial charge in [-0.3, -0.25) is 0 Å². The normalized spacial score (nSPS) is 10.9. The minimum absolute atomic E-state index is 0.00263. The number of benzene rings is 3. The van der Waals surface area contributed by atoms with E-state index in [9.17, 15) is 10.2 Å². The lowest BCUT2D eigenvalue weighted by atomic mass is 10.0. The molecule has 0 saturated carbocycles. The monoisotopic (exact) mass is 397 g/mol. The second-order valence-corrected chi connectivity index (χ2v) is 7.64. The Bertz CT molecular complexity index is 1200. The van der Waals surface area contributed by atoms with Gasteiger partial charge in [0.25, 0.3) is 0 Å². The van der Waals surface area contributed by atoms with Crippen LogP contribution in [0.15, 0.2) is 54.6 Å². The van der Waals surface area contributed by atoms with Gasteiger partial charge in [-0.05, 0) is 57.0 Å². The van der Waals surface area contributed by atoms with Gasteiger partial charge >= 0.3 is 0 Å². The number of rotatable bonds is 3. The van der Waals surface area contributed by atoms with Crippen LogP contribution >= 0.6 is 0 Å². The zero-order valence-corrected chi connectivity index (χ0v) is 17.4. The molecule has 0 bridgehead atoms. The Morgan fingerprint density at radius 2 is 1.00 bits per heavy atom. The molecule has 1 heterocycles. The lowest BCUT2D eigenvalue weighted by Crippen LogP contribution is -2.02. The van der Waals surface area contributed by atoms with Crippen LogP contribution in [0.4, 0.5) is 0 Å². The van der Waals surface area contributed by atoms with Crippen LogP contribution in [0.1, 0.15) is 22.3 Å². The van der Waals surface area contributed by atoms with Gasteiger partial charge in [0.15, 0.2) is 17.5 Å². The first-order valence-electron chi connectivity index (χ1n) is 9.75. The molecule has 4 aromatic rings. The van der Waals surface area contributed by atoms with E-state index in [1.807, 2.05) is 52.0 Å². The summed E-state index contributed by atoms with van der Waals surface area (Å²) in [5.41, 5.74) is 6.58. The first-order chi connectivity index (χ1) is 14.3. The Kier molecular flexibility index (Phi) is 4.96. The van der Waals surface area contributed by atoms with Crippen molar-refractivity contribution in [2.24, 2.45) is 0 Å². The van der Waals surface area contributed by atoms with Crippen LogP contribution in [0.5, 0.6) is 11.5 Å². The van der Waals surface area contributed by atoms with Crippen molar-refractivity contribution in [3.8, 4) is 45.7 Å². The molecule has 3 aromatic carbocycles. The van der Waals surface area contributed by atoms with Crippen LogP contribution in [-0.2, 0) is 0 Å². The number of hydrogen-bond donors (Lipinski definition) is 2. The third-order valence-corrected chi connectivity index (χ3v) is 5.10. The van der Waals surface area contributed by atoms with Crippen LogP contribution in [0.2, 0.25) is 0 Å². The van der Waals surface area contributed by atoms with E-state index in [4.69, 9.17) is 4.98 Å². The van der Waals surface area contributed by atoms with E-state index in [1.54, 1.807) is 0 Å². The SMILES string of the molecule is Cc1ccc(-c2nc(-c3ccc(C)cc3C)nc(-c3cc(O)ccc3O)n2)c(C)c1. The fourth-order valence-corrected chi connectivity index (χ4v) is 3.57. The van der Waals surface area contributed by atoms with Gasteiger partial charge in [0.1, 0.15) is 11.5 Å². The van der Waals surface area contributed by atoms with Gasteiger partial charge in [-0.25, -0.2) is 15.0 Å². The second kappa shape index (κ2) is 7.59. The molecule has 0 aliphatic rings. The highest BCUT2D eigenvalue weighted by Crippen LogP contribution is 2.33. The summed E-state index contributed by atoms with van der Waals surface area (Å²) < 4.78 is 0. The summed E-state index contributed by atoms with van der Waals surface area (Å²) in [7, 11) is 0. The molecular weight excluding hydrogens is 374 g/mol. The van der Waals surface area contributed by atoms with Crippen LogP contribution in [-0.4, -0.2) is 25.2 Å². The molecule has 0 unspecified atom stereocenters. The lowest BCUT2D eigenvalue weighted by molar-refractivity contribution is 0.461. The van der Waals surface area contributed by atoms with Crippen molar-refractivity contribution in [3.63, 3.8) is 0 Å². The standard InChI is InChI=1S/C25H23N3O2/c1-14-5-8-19(16(3)11-14)23-26-24(20-9-6-15(2)12-17(20)4)28-25(27-23)21-13-18(29)7-10-22(21)30/h5-13,29-30H,1-4H3. The molecule has 0 radical (unpaired) electrons. The summed E-state index contributed by atoms with van der Waals surface area (Å²) in [6.45, 7) is 8.13. The molecule has 0 aliphatic heterocycles. The van der Waals surface area contributed by atoms with Crippen LogP contribution in [0.25, 0.3) is 34.2 Å². The highest BCUT2D eigenvalue weighted by Gasteiger charge is 2.17. The zero-order chi connectivity index (χ0) is 21.4. The fraction of sp³-hybridized carbons (Fsp3) is 0.160. The summed E-state index contributed by atoms with van der Waals surface area (Å²) in [6.07, 6.45) is 0. The van der Waals surface area contributed by atoms with Gasteiger partial charge < -0.3 is 10.2 Å². The number of aryl methyl sites for hydroxylation is 4. The van der Waals surface area contributed by atoms with Crippen molar-refractivity contribution in [2.45, 2.75) is 27.7 Å². The van der Waals surface area contributed by atoms with E-state index in [1.165, 1.54) is 18.2 Å². The molecule has 2 N–H and O–H groups in total. The predicted octanol–water partition coefficient (Wildman–Crippen LogP) is 5.52. The second-order valence-electron chi connectivity index (χ2n) is 7.64. The summed E-state index contributed by atoms with van der Waals surface area (Å²) in [5, 5.41) is 20.3. The van der Waals surface area contributed by atoms with Crippen LogP contribution in [0.3, 0.4) is 0 Å². The smallest absolute Gasteiger partial charge is 0.167 e. The van der Waals surface area contributed by atoms with E-state index in [-0.39, 0.29) is 11.5 Å². The van der Waals surface area contributed by atoms with Crippen molar-refractivity contribution < 1.29 is 10.2 Å². The molecular formula is C25H23N3O2. The van der Waals surface area contributed by atoms with E-state index < -0.39 is 0 Å². The van der Waals surface area contributed by atoms with E-state index >= 15 is 0 Å². The first kappa shape index (κ1) is 19.6. The summed E-state index contributed by atoms with van der Waals surface area (Å²) in [6, 6.07) is 16.5. The van der Waals surface area contributed by atoms with Gasteiger partial charge in [-0.2, -0.15) is 0 Å². The van der Waals surface area contributed by atoms with Gasteiger partial charge in [0.2, 0.25) is 0 Å². The molecule has 30 heavy (non-hydrogen) atoms. The number of phenols is 2. The molecule has 0 amide bonds. The first-order valence-corrected chi connectivity index (χ1v) is 9.75. The van der Waals surface area contributed by atoms with Gasteiger partial charge in [0, 0.05) is 11.1 Å². The Labute approximate surface area is 175 Å². The summed E-state index contributed by atoms with van der Waals surface area (Å²) in [4.78, 5) is 14.1. The predicted molar refractivity (Wildman–Crippen MR) is 118 cm³/mol. The number of nitrogens with zero attached hydrogens (tertiary/aromatic N) is 3. The molecule has 0 aliphatic carbocycles. The third-order valence-electron chi connectivity index (χ3n) is 5.10. The Hall–Kier alpha value is -3.73. The summed E-state index contributed by atoms with van der Waals surface area (Å²) >= 11 is 0. The van der Waals surface area contributed by atoms with Crippen molar-refractivity contribution in [3.05, 3.63) is 76.9 Å². The largest absolute Gasteiger partial charge is 0.508 e. The molecule has 150 valence electrons. The molecule has 5 nitrogen and oxygen atoms in total. The number of phenolic OH excluding ortho intramolecular Hbond substituents is 2. The van der Waals surface area contributed by atoms with E-state index in [0.717, 1.165) is 33.4 Å². The average molecular weight is 397 g/mol. The topological polar surface area (TPSA) is 79.1 Å². The number of aromatic hydroxyl groups is 2. The van der Waals surface area contributed by atoms with Gasteiger partial charge in [-0.15, -0.1) is 0 Å². The molecule has 4 rings (SSSR count). The quantitative estimate of drug-likeness (QED) is 0.445. The average Bonchev–Trinajstić information content (AvgIpc) is 2.69. The fourth-order valence-electron chi connectivity index (χ4n) is 3.57. The third kappa shape index (κ3) is 3.74. The minimum atomic E-state index is -0.00263. The maximum Gasteiger partial charge on any atom is 0.167 e. The number of hydrogen-bond acceptors (Lipinski definition) is 5. The zero-order valence-electron chi connectivity index (χ0n) is 17.4. The maximum absolute atomic E-state index is 10.4. The molecule has 0 spiro atoms. The molecule has 0 saturated heterocycles. The molecule has 0 atom stereocenters. The highest BCUT2D eigenvalue weighted by atomic mass is 16.3. The van der Waals surface area contributed by atoms with Crippen LogP contribution < -0.4 is 0 Å². The Balaban J connectivity index is 2.00. The van der Waals surface area contributed by atoms with Crippen LogP contribution in [0, 0.1) is 27.7 Å². The van der Waals surface area contributed by atoms with Crippen molar-refractivity contribution in [1.29, 1.82) is 0 Å². The minimum Gasteiger partial charge on any atom is -0.508 e. The van der Waals surface area contributed by atoms with Gasteiger partial charge in [0.05, 0.1) is 5.56 Å². The number of aromatic nitrogens is 3. The maximum atomic E-state index is 10.4.